The molecule has 1 amide bonds. The molecule has 2 rings (SSSR count). The Morgan fingerprint density at radius 2 is 2.18 bits per heavy atom. The average Bonchev–Trinajstić information content (AvgIpc) is 2.31. The van der Waals surface area contributed by atoms with E-state index in [-0.39, 0.29) is 11.9 Å². The van der Waals surface area contributed by atoms with E-state index in [9.17, 15) is 4.79 Å². The summed E-state index contributed by atoms with van der Waals surface area (Å²) in [5.74, 6) is 0.115. The standard InChI is InChI=1S/C12H16BrN3O/c1-15-8-12(17)16(7-9(15)6-14)11-5-3-2-4-10(11)13/h2-5,9H,6-8,14H2,1H3. The number of nitrogens with two attached hydrogens (primary N) is 1. The predicted molar refractivity (Wildman–Crippen MR) is 72.0 cm³/mol. The van der Waals surface area contributed by atoms with Crippen molar-refractivity contribution in [2.24, 2.45) is 5.73 Å². The minimum absolute atomic E-state index is 0.115. The highest BCUT2D eigenvalue weighted by Crippen LogP contribution is 2.27. The molecule has 5 heteroatoms. The fraction of sp³-hybridized carbons (Fsp3) is 0.417. The quantitative estimate of drug-likeness (QED) is 0.888. The Labute approximate surface area is 110 Å². The number of likely N-dealkylation sites (N-methyl/N-ethyl adjacent to an activating group) is 1. The number of hydrogen-bond acceptors (Lipinski definition) is 3. The second-order valence-corrected chi connectivity index (χ2v) is 5.11. The molecule has 1 unspecified atom stereocenters. The van der Waals surface area contributed by atoms with Crippen molar-refractivity contribution < 1.29 is 4.79 Å². The van der Waals surface area contributed by atoms with Crippen molar-refractivity contribution in [2.75, 3.05) is 31.6 Å². The minimum Gasteiger partial charge on any atom is -0.329 e. The highest BCUT2D eigenvalue weighted by molar-refractivity contribution is 9.10. The summed E-state index contributed by atoms with van der Waals surface area (Å²) in [4.78, 5) is 15.9. The first kappa shape index (κ1) is 12.5. The van der Waals surface area contributed by atoms with E-state index in [1.165, 1.54) is 0 Å². The summed E-state index contributed by atoms with van der Waals surface area (Å²) >= 11 is 3.48. The Kier molecular flexibility index (Phi) is 3.81. The van der Waals surface area contributed by atoms with Gasteiger partial charge in [-0.25, -0.2) is 0 Å². The summed E-state index contributed by atoms with van der Waals surface area (Å²) in [6.07, 6.45) is 0. The fourth-order valence-corrected chi connectivity index (χ4v) is 2.54. The number of carbonyl (C=O) groups is 1. The second kappa shape index (κ2) is 5.16. The van der Waals surface area contributed by atoms with Crippen molar-refractivity contribution in [3.05, 3.63) is 28.7 Å². The first-order valence-corrected chi connectivity index (χ1v) is 6.38. The van der Waals surface area contributed by atoms with Gasteiger partial charge in [-0.2, -0.15) is 0 Å². The Bertz CT molecular complexity index is 424. The van der Waals surface area contributed by atoms with Crippen molar-refractivity contribution in [3.8, 4) is 0 Å². The van der Waals surface area contributed by atoms with Crippen molar-refractivity contribution in [1.29, 1.82) is 0 Å². The molecule has 1 fully saturated rings. The highest BCUT2D eigenvalue weighted by atomic mass is 79.9. The van der Waals surface area contributed by atoms with E-state index in [0.29, 0.717) is 19.6 Å². The van der Waals surface area contributed by atoms with Crippen molar-refractivity contribution in [3.63, 3.8) is 0 Å². The normalized spacial score (nSPS) is 21.9. The largest absolute Gasteiger partial charge is 0.329 e. The van der Waals surface area contributed by atoms with E-state index in [2.05, 4.69) is 15.9 Å². The maximum absolute atomic E-state index is 12.0. The summed E-state index contributed by atoms with van der Waals surface area (Å²) in [6, 6.07) is 7.98. The maximum Gasteiger partial charge on any atom is 0.241 e. The van der Waals surface area contributed by atoms with Gasteiger partial charge in [0, 0.05) is 23.6 Å². The van der Waals surface area contributed by atoms with Crippen LogP contribution in [0.3, 0.4) is 0 Å². The van der Waals surface area contributed by atoms with Crippen molar-refractivity contribution in [1.82, 2.24) is 4.90 Å². The van der Waals surface area contributed by atoms with E-state index in [1.807, 2.05) is 41.1 Å². The Balaban J connectivity index is 2.26. The molecule has 1 aliphatic rings. The number of carbonyl (C=O) groups excluding carboxylic acids is 1. The summed E-state index contributed by atoms with van der Waals surface area (Å²) < 4.78 is 0.939. The first-order valence-electron chi connectivity index (χ1n) is 5.58. The zero-order chi connectivity index (χ0) is 12.4. The molecule has 17 heavy (non-hydrogen) atoms. The second-order valence-electron chi connectivity index (χ2n) is 4.26. The lowest BCUT2D eigenvalue weighted by molar-refractivity contribution is -0.121. The molecule has 0 spiro atoms. The SMILES string of the molecule is CN1CC(=O)N(c2ccccc2Br)CC1CN. The molecule has 0 radical (unpaired) electrons. The number of nitrogens with zero attached hydrogens (tertiary/aromatic N) is 2. The van der Waals surface area contributed by atoms with Gasteiger partial charge >= 0.3 is 0 Å². The van der Waals surface area contributed by atoms with Crippen LogP contribution in [0.5, 0.6) is 0 Å². The van der Waals surface area contributed by atoms with Gasteiger partial charge in [-0.1, -0.05) is 12.1 Å². The van der Waals surface area contributed by atoms with E-state index < -0.39 is 0 Å². The Morgan fingerprint density at radius 1 is 1.47 bits per heavy atom. The van der Waals surface area contributed by atoms with Crippen LogP contribution in [-0.2, 0) is 4.79 Å². The van der Waals surface area contributed by atoms with E-state index in [0.717, 1.165) is 10.2 Å². The number of rotatable bonds is 2. The van der Waals surface area contributed by atoms with Gasteiger partial charge in [0.2, 0.25) is 5.91 Å². The van der Waals surface area contributed by atoms with Gasteiger partial charge in [0.25, 0.3) is 0 Å². The summed E-state index contributed by atoms with van der Waals surface area (Å²) in [7, 11) is 1.94. The van der Waals surface area contributed by atoms with Crippen LogP contribution in [0.1, 0.15) is 0 Å². The lowest BCUT2D eigenvalue weighted by Gasteiger charge is -2.38. The molecule has 1 atom stereocenters. The van der Waals surface area contributed by atoms with Crippen molar-refractivity contribution in [2.45, 2.75) is 6.04 Å². The van der Waals surface area contributed by atoms with Crippen LogP contribution in [0.25, 0.3) is 0 Å². The first-order chi connectivity index (χ1) is 8.13. The molecule has 1 saturated heterocycles. The number of hydrogen-bond donors (Lipinski definition) is 1. The molecule has 0 bridgehead atoms. The van der Waals surface area contributed by atoms with Gasteiger partial charge in [-0.15, -0.1) is 0 Å². The van der Waals surface area contributed by atoms with Crippen LogP contribution in [-0.4, -0.2) is 43.5 Å². The minimum atomic E-state index is 0.115. The Hall–Kier alpha value is -0.910. The molecule has 92 valence electrons. The molecular formula is C12H16BrN3O. The van der Waals surface area contributed by atoms with Gasteiger partial charge in [-0.05, 0) is 35.1 Å². The molecule has 0 aliphatic carbocycles. The number of benzene rings is 1. The van der Waals surface area contributed by atoms with Gasteiger partial charge < -0.3 is 10.6 Å². The zero-order valence-corrected chi connectivity index (χ0v) is 11.4. The number of piperazine rings is 1. The number of anilines is 1. The Morgan fingerprint density at radius 3 is 2.82 bits per heavy atom. The van der Waals surface area contributed by atoms with Gasteiger partial charge in [0.05, 0.1) is 12.2 Å². The van der Waals surface area contributed by atoms with Gasteiger partial charge in [0.1, 0.15) is 0 Å². The van der Waals surface area contributed by atoms with E-state index in [4.69, 9.17) is 5.73 Å². The highest BCUT2D eigenvalue weighted by Gasteiger charge is 2.30. The number of halogens is 1. The van der Waals surface area contributed by atoms with Crippen LogP contribution < -0.4 is 10.6 Å². The monoisotopic (exact) mass is 297 g/mol. The zero-order valence-electron chi connectivity index (χ0n) is 9.77. The van der Waals surface area contributed by atoms with Crippen LogP contribution in [0.4, 0.5) is 5.69 Å². The van der Waals surface area contributed by atoms with E-state index in [1.54, 1.807) is 0 Å². The van der Waals surface area contributed by atoms with Crippen LogP contribution >= 0.6 is 15.9 Å². The molecule has 1 aromatic rings. The topological polar surface area (TPSA) is 49.6 Å². The summed E-state index contributed by atoms with van der Waals surface area (Å²) in [6.45, 7) is 1.63. The molecule has 0 aromatic heterocycles. The van der Waals surface area contributed by atoms with Crippen molar-refractivity contribution >= 4 is 27.5 Å². The maximum atomic E-state index is 12.0. The van der Waals surface area contributed by atoms with Crippen LogP contribution in [0.2, 0.25) is 0 Å². The number of para-hydroxylation sites is 1. The fourth-order valence-electron chi connectivity index (χ4n) is 2.04. The average molecular weight is 298 g/mol. The third-order valence-electron chi connectivity index (χ3n) is 3.12. The molecule has 2 N–H and O–H groups in total. The summed E-state index contributed by atoms with van der Waals surface area (Å²) in [5.41, 5.74) is 6.65. The lowest BCUT2D eigenvalue weighted by Crippen LogP contribution is -2.57. The van der Waals surface area contributed by atoms with Gasteiger partial charge in [0.15, 0.2) is 0 Å². The molecular weight excluding hydrogens is 282 g/mol. The molecule has 1 aromatic carbocycles. The number of amides is 1. The molecule has 4 nitrogen and oxygen atoms in total. The third kappa shape index (κ3) is 2.51. The van der Waals surface area contributed by atoms with Crippen LogP contribution in [0, 0.1) is 0 Å². The molecule has 1 aliphatic heterocycles. The third-order valence-corrected chi connectivity index (χ3v) is 3.79. The molecule has 1 heterocycles. The summed E-state index contributed by atoms with van der Waals surface area (Å²) in [5, 5.41) is 0. The van der Waals surface area contributed by atoms with E-state index >= 15 is 0 Å². The molecule has 0 saturated carbocycles. The van der Waals surface area contributed by atoms with Crippen LogP contribution in [0.15, 0.2) is 28.7 Å². The van der Waals surface area contributed by atoms with Gasteiger partial charge in [-0.3, -0.25) is 9.69 Å². The predicted octanol–water partition coefficient (Wildman–Crippen LogP) is 1.05. The smallest absolute Gasteiger partial charge is 0.241 e. The lowest BCUT2D eigenvalue weighted by atomic mass is 10.1.